The number of sulfonamides is 1. The summed E-state index contributed by atoms with van der Waals surface area (Å²) >= 11 is 0. The van der Waals surface area contributed by atoms with Gasteiger partial charge in [-0.05, 0) is 38.6 Å². The largest absolute Gasteiger partial charge is 0.357 e. The highest BCUT2D eigenvalue weighted by molar-refractivity contribution is 7.89. The van der Waals surface area contributed by atoms with Crippen molar-refractivity contribution in [2.75, 3.05) is 20.1 Å². The number of guanidine groups is 1. The van der Waals surface area contributed by atoms with Gasteiger partial charge in [0.2, 0.25) is 10.0 Å². The van der Waals surface area contributed by atoms with Gasteiger partial charge in [0, 0.05) is 13.1 Å². The Morgan fingerprint density at radius 1 is 1.20 bits per heavy atom. The third-order valence-corrected chi connectivity index (χ3v) is 4.00. The Bertz CT molecular complexity index is 547. The Balaban J connectivity index is 2.88. The smallest absolute Gasteiger partial charge is 0.240 e. The molecule has 112 valence electrons. The number of nitrogens with zero attached hydrogens (tertiary/aromatic N) is 1. The molecule has 7 heteroatoms. The van der Waals surface area contributed by atoms with Crippen LogP contribution in [0.5, 0.6) is 0 Å². The molecule has 0 aliphatic carbocycles. The van der Waals surface area contributed by atoms with Gasteiger partial charge < -0.3 is 10.6 Å². The molecule has 0 unspecified atom stereocenters. The molecule has 0 radical (unpaired) electrons. The fraction of sp³-hybridized carbons (Fsp3) is 0.462. The van der Waals surface area contributed by atoms with Crippen molar-refractivity contribution in [1.82, 2.24) is 15.4 Å². The molecule has 20 heavy (non-hydrogen) atoms. The lowest BCUT2D eigenvalue weighted by atomic mass is 10.2. The molecule has 0 spiro atoms. The summed E-state index contributed by atoms with van der Waals surface area (Å²) in [4.78, 5) is 4.65. The first-order valence-corrected chi connectivity index (χ1v) is 8.06. The average molecular weight is 298 g/mol. The highest BCUT2D eigenvalue weighted by Gasteiger charge is 2.11. The molecule has 0 heterocycles. The van der Waals surface area contributed by atoms with E-state index in [0.717, 1.165) is 24.6 Å². The monoisotopic (exact) mass is 298 g/mol. The van der Waals surface area contributed by atoms with Gasteiger partial charge in [-0.1, -0.05) is 12.1 Å². The van der Waals surface area contributed by atoms with Gasteiger partial charge in [0.25, 0.3) is 0 Å². The summed E-state index contributed by atoms with van der Waals surface area (Å²) in [5.74, 6) is 0.719. The van der Waals surface area contributed by atoms with Crippen LogP contribution in [0.15, 0.2) is 34.2 Å². The molecule has 0 aliphatic rings. The quantitative estimate of drug-likeness (QED) is 0.532. The maximum atomic E-state index is 11.7. The van der Waals surface area contributed by atoms with E-state index in [9.17, 15) is 8.42 Å². The fourth-order valence-corrected chi connectivity index (χ4v) is 2.41. The van der Waals surface area contributed by atoms with Crippen LogP contribution >= 0.6 is 0 Å². The van der Waals surface area contributed by atoms with Gasteiger partial charge in [0.05, 0.1) is 11.4 Å². The van der Waals surface area contributed by atoms with Crippen molar-refractivity contribution in [3.8, 4) is 0 Å². The Morgan fingerprint density at radius 3 is 2.40 bits per heavy atom. The zero-order valence-electron chi connectivity index (χ0n) is 12.1. The molecule has 0 amide bonds. The number of hydrogen-bond acceptors (Lipinski definition) is 3. The molecule has 0 fully saturated rings. The number of rotatable bonds is 6. The molecule has 1 aromatic rings. The van der Waals surface area contributed by atoms with Gasteiger partial charge in [-0.15, -0.1) is 0 Å². The molecule has 0 bridgehead atoms. The zero-order chi connectivity index (χ0) is 15.0. The van der Waals surface area contributed by atoms with Crippen molar-refractivity contribution in [3.63, 3.8) is 0 Å². The molecule has 1 aromatic carbocycles. The molecular formula is C13H22N4O2S. The maximum Gasteiger partial charge on any atom is 0.240 e. The number of aliphatic imine (C=N–C) groups is 1. The highest BCUT2D eigenvalue weighted by Crippen LogP contribution is 2.11. The van der Waals surface area contributed by atoms with E-state index in [4.69, 9.17) is 0 Å². The minimum absolute atomic E-state index is 0.251. The lowest BCUT2D eigenvalue weighted by molar-refractivity contribution is 0.588. The van der Waals surface area contributed by atoms with Crippen LogP contribution in [-0.4, -0.2) is 34.5 Å². The third-order valence-electron chi connectivity index (χ3n) is 2.59. The lowest BCUT2D eigenvalue weighted by Gasteiger charge is -2.09. The van der Waals surface area contributed by atoms with Gasteiger partial charge >= 0.3 is 0 Å². The summed E-state index contributed by atoms with van der Waals surface area (Å²) in [5.41, 5.74) is 0.842. The predicted molar refractivity (Wildman–Crippen MR) is 81.2 cm³/mol. The van der Waals surface area contributed by atoms with Crippen LogP contribution in [0.4, 0.5) is 0 Å². The van der Waals surface area contributed by atoms with Crippen LogP contribution in [0.25, 0.3) is 0 Å². The first-order chi connectivity index (χ1) is 9.53. The first kappa shape index (κ1) is 16.5. The standard InChI is InChI=1S/C13H22N4O2S/c1-4-15-13(16-5-2)17-10-11-7-6-8-12(9-11)20(18,19)14-3/h6-9,14H,4-5,10H2,1-3H3,(H2,15,16,17). The second-order valence-electron chi connectivity index (χ2n) is 4.08. The number of benzene rings is 1. The SMILES string of the molecule is CCNC(=NCc1cccc(S(=O)(=O)NC)c1)NCC. The topological polar surface area (TPSA) is 82.6 Å². The lowest BCUT2D eigenvalue weighted by Crippen LogP contribution is -2.36. The van der Waals surface area contributed by atoms with E-state index < -0.39 is 10.0 Å². The second-order valence-corrected chi connectivity index (χ2v) is 5.97. The van der Waals surface area contributed by atoms with Crippen LogP contribution in [0, 0.1) is 0 Å². The van der Waals surface area contributed by atoms with Crippen molar-refractivity contribution in [2.45, 2.75) is 25.3 Å². The van der Waals surface area contributed by atoms with Crippen molar-refractivity contribution >= 4 is 16.0 Å². The Labute approximate surface area is 120 Å². The number of hydrogen-bond donors (Lipinski definition) is 3. The molecule has 3 N–H and O–H groups in total. The van der Waals surface area contributed by atoms with Crippen LogP contribution in [-0.2, 0) is 16.6 Å². The van der Waals surface area contributed by atoms with Gasteiger partial charge in [-0.2, -0.15) is 0 Å². The summed E-state index contributed by atoms with van der Waals surface area (Å²) in [5, 5.41) is 6.24. The number of nitrogens with one attached hydrogen (secondary N) is 3. The van der Waals surface area contributed by atoms with E-state index >= 15 is 0 Å². The zero-order valence-corrected chi connectivity index (χ0v) is 12.9. The molecule has 0 saturated heterocycles. The summed E-state index contributed by atoms with van der Waals surface area (Å²) < 4.78 is 25.8. The van der Waals surface area contributed by atoms with Crippen LogP contribution in [0.1, 0.15) is 19.4 Å². The minimum atomic E-state index is -3.41. The highest BCUT2D eigenvalue weighted by atomic mass is 32.2. The van der Waals surface area contributed by atoms with Gasteiger partial charge in [-0.25, -0.2) is 18.1 Å². The Hall–Kier alpha value is -1.60. The predicted octanol–water partition coefficient (Wildman–Crippen LogP) is 0.670. The summed E-state index contributed by atoms with van der Waals surface area (Å²) in [6, 6.07) is 6.77. The second kappa shape index (κ2) is 7.86. The van der Waals surface area contributed by atoms with Crippen LogP contribution in [0.3, 0.4) is 0 Å². The van der Waals surface area contributed by atoms with Crippen molar-refractivity contribution in [2.24, 2.45) is 4.99 Å². The maximum absolute atomic E-state index is 11.7. The van der Waals surface area contributed by atoms with Gasteiger partial charge in [0.15, 0.2) is 5.96 Å². The summed E-state index contributed by atoms with van der Waals surface area (Å²) in [7, 11) is -2.01. The van der Waals surface area contributed by atoms with Gasteiger partial charge in [0.1, 0.15) is 0 Å². The minimum Gasteiger partial charge on any atom is -0.357 e. The average Bonchev–Trinajstić information content (AvgIpc) is 2.45. The Kier molecular flexibility index (Phi) is 6.47. The molecule has 6 nitrogen and oxygen atoms in total. The normalized spacial score (nSPS) is 10.9. The van der Waals surface area contributed by atoms with Crippen molar-refractivity contribution in [3.05, 3.63) is 29.8 Å². The summed E-state index contributed by atoms with van der Waals surface area (Å²) in [6.45, 7) is 5.96. The molecular weight excluding hydrogens is 276 g/mol. The fourth-order valence-electron chi connectivity index (χ4n) is 1.61. The Morgan fingerprint density at radius 2 is 1.85 bits per heavy atom. The van der Waals surface area contributed by atoms with E-state index in [1.807, 2.05) is 19.9 Å². The van der Waals surface area contributed by atoms with E-state index in [-0.39, 0.29) is 4.90 Å². The van der Waals surface area contributed by atoms with E-state index in [1.165, 1.54) is 7.05 Å². The molecule has 1 rings (SSSR count). The van der Waals surface area contributed by atoms with Gasteiger partial charge in [-0.3, -0.25) is 0 Å². The first-order valence-electron chi connectivity index (χ1n) is 6.58. The molecule has 0 aromatic heterocycles. The van der Waals surface area contributed by atoms with Crippen molar-refractivity contribution in [1.29, 1.82) is 0 Å². The molecule has 0 aliphatic heterocycles. The van der Waals surface area contributed by atoms with Crippen LogP contribution in [0.2, 0.25) is 0 Å². The summed E-state index contributed by atoms with van der Waals surface area (Å²) in [6.07, 6.45) is 0. The van der Waals surface area contributed by atoms with Crippen molar-refractivity contribution < 1.29 is 8.42 Å². The van der Waals surface area contributed by atoms with Crippen LogP contribution < -0.4 is 15.4 Å². The third kappa shape index (κ3) is 4.82. The van der Waals surface area contributed by atoms with E-state index in [1.54, 1.807) is 18.2 Å². The van der Waals surface area contributed by atoms with E-state index in [2.05, 4.69) is 20.3 Å². The molecule has 0 atom stereocenters. The van der Waals surface area contributed by atoms with E-state index in [0.29, 0.717) is 6.54 Å². The molecule has 0 saturated carbocycles.